The summed E-state index contributed by atoms with van der Waals surface area (Å²) in [5.74, 6) is -2.76. The van der Waals surface area contributed by atoms with Crippen molar-refractivity contribution >= 4 is 23.5 Å². The Kier molecular flexibility index (Phi) is 5.16. The molecule has 1 aromatic rings. The summed E-state index contributed by atoms with van der Waals surface area (Å²) in [5.41, 5.74) is 0.902. The molecule has 0 bridgehead atoms. The average molecular weight is 342 g/mol. The van der Waals surface area contributed by atoms with Gasteiger partial charge in [0.05, 0.1) is 23.1 Å². The Labute approximate surface area is 146 Å². The standard InChI is InChI=1S/C19H22N2O4/c22-17(13-7-1-2-8-14(13)19(24)25)20-16-10-4-3-9-15(16)18(23)21-11-5-6-12-21/h1-4,9-10,13-14H,5-8,11-12H2,(H,20,22)(H,24,25). The number of para-hydroxylation sites is 1. The molecule has 0 saturated carbocycles. The van der Waals surface area contributed by atoms with E-state index in [-0.39, 0.29) is 11.8 Å². The minimum Gasteiger partial charge on any atom is -0.481 e. The second kappa shape index (κ2) is 7.51. The lowest BCUT2D eigenvalue weighted by Gasteiger charge is -2.25. The Morgan fingerprint density at radius 2 is 1.64 bits per heavy atom. The van der Waals surface area contributed by atoms with Gasteiger partial charge in [0.2, 0.25) is 5.91 Å². The number of rotatable bonds is 4. The van der Waals surface area contributed by atoms with Crippen LogP contribution in [0.4, 0.5) is 5.69 Å². The van der Waals surface area contributed by atoms with Gasteiger partial charge in [-0.15, -0.1) is 0 Å². The van der Waals surface area contributed by atoms with Gasteiger partial charge in [-0.05, 0) is 37.8 Å². The SMILES string of the molecule is O=C(O)C1CC=CCC1C(=O)Nc1ccccc1C(=O)N1CCCC1. The molecular formula is C19H22N2O4. The zero-order valence-corrected chi connectivity index (χ0v) is 14.0. The summed E-state index contributed by atoms with van der Waals surface area (Å²) in [6.45, 7) is 1.46. The Morgan fingerprint density at radius 1 is 1.00 bits per heavy atom. The van der Waals surface area contributed by atoms with Crippen LogP contribution in [0.3, 0.4) is 0 Å². The van der Waals surface area contributed by atoms with Crippen LogP contribution in [0, 0.1) is 11.8 Å². The molecule has 25 heavy (non-hydrogen) atoms. The fraction of sp³-hybridized carbons (Fsp3) is 0.421. The number of nitrogens with one attached hydrogen (secondary N) is 1. The molecule has 1 heterocycles. The van der Waals surface area contributed by atoms with Gasteiger partial charge >= 0.3 is 5.97 Å². The van der Waals surface area contributed by atoms with Gasteiger partial charge in [-0.25, -0.2) is 0 Å². The van der Waals surface area contributed by atoms with E-state index in [0.29, 0.717) is 24.1 Å². The van der Waals surface area contributed by atoms with Crippen LogP contribution in [-0.4, -0.2) is 40.9 Å². The number of carboxylic acid groups (broad SMARTS) is 1. The maximum Gasteiger partial charge on any atom is 0.307 e. The first-order chi connectivity index (χ1) is 12.1. The number of carbonyl (C=O) groups is 3. The number of likely N-dealkylation sites (tertiary alicyclic amines) is 1. The number of carboxylic acids is 1. The number of allylic oxidation sites excluding steroid dienone is 2. The monoisotopic (exact) mass is 342 g/mol. The summed E-state index contributed by atoms with van der Waals surface area (Å²) in [4.78, 5) is 38.5. The minimum absolute atomic E-state index is 0.0910. The van der Waals surface area contributed by atoms with Crippen molar-refractivity contribution < 1.29 is 19.5 Å². The molecule has 2 amide bonds. The molecule has 2 unspecified atom stereocenters. The third-order valence-electron chi connectivity index (χ3n) is 4.89. The zero-order chi connectivity index (χ0) is 17.8. The highest BCUT2D eigenvalue weighted by atomic mass is 16.4. The van der Waals surface area contributed by atoms with Crippen molar-refractivity contribution in [1.29, 1.82) is 0 Å². The van der Waals surface area contributed by atoms with Gasteiger partial charge in [0.1, 0.15) is 0 Å². The molecule has 0 aromatic heterocycles. The molecule has 132 valence electrons. The summed E-state index contributed by atoms with van der Waals surface area (Å²) in [6.07, 6.45) is 6.37. The average Bonchev–Trinajstić information content (AvgIpc) is 3.16. The summed E-state index contributed by atoms with van der Waals surface area (Å²) < 4.78 is 0. The Balaban J connectivity index is 1.78. The fourth-order valence-corrected chi connectivity index (χ4v) is 3.47. The first-order valence-electron chi connectivity index (χ1n) is 8.65. The van der Waals surface area contributed by atoms with Gasteiger partial charge < -0.3 is 15.3 Å². The Bertz CT molecular complexity index is 707. The third kappa shape index (κ3) is 3.73. The Hall–Kier alpha value is -2.63. The van der Waals surface area contributed by atoms with Crippen LogP contribution in [0.2, 0.25) is 0 Å². The van der Waals surface area contributed by atoms with Crippen molar-refractivity contribution in [3.63, 3.8) is 0 Å². The van der Waals surface area contributed by atoms with Crippen molar-refractivity contribution in [2.24, 2.45) is 11.8 Å². The molecule has 1 aliphatic heterocycles. The lowest BCUT2D eigenvalue weighted by molar-refractivity contribution is -0.146. The van der Waals surface area contributed by atoms with E-state index in [2.05, 4.69) is 5.32 Å². The van der Waals surface area contributed by atoms with E-state index in [1.54, 1.807) is 35.2 Å². The van der Waals surface area contributed by atoms with Crippen molar-refractivity contribution in [2.45, 2.75) is 25.7 Å². The number of carbonyl (C=O) groups excluding carboxylic acids is 2. The van der Waals surface area contributed by atoms with Gasteiger partial charge in [-0.1, -0.05) is 24.3 Å². The zero-order valence-electron chi connectivity index (χ0n) is 14.0. The molecule has 0 radical (unpaired) electrons. The normalized spacial score (nSPS) is 22.6. The molecule has 0 spiro atoms. The quantitative estimate of drug-likeness (QED) is 0.823. The van der Waals surface area contributed by atoms with Crippen LogP contribution < -0.4 is 5.32 Å². The van der Waals surface area contributed by atoms with E-state index in [4.69, 9.17) is 0 Å². The molecule has 2 aliphatic rings. The summed E-state index contributed by atoms with van der Waals surface area (Å²) in [6, 6.07) is 6.91. The molecule has 1 saturated heterocycles. The van der Waals surface area contributed by atoms with Gasteiger partial charge in [-0.2, -0.15) is 0 Å². The smallest absolute Gasteiger partial charge is 0.307 e. The van der Waals surface area contributed by atoms with E-state index >= 15 is 0 Å². The van der Waals surface area contributed by atoms with Crippen LogP contribution >= 0.6 is 0 Å². The van der Waals surface area contributed by atoms with Crippen molar-refractivity contribution in [1.82, 2.24) is 4.90 Å². The van der Waals surface area contributed by atoms with Crippen LogP contribution in [0.5, 0.6) is 0 Å². The first-order valence-corrected chi connectivity index (χ1v) is 8.65. The van der Waals surface area contributed by atoms with Gasteiger partial charge in [-0.3, -0.25) is 14.4 Å². The van der Waals surface area contributed by atoms with Crippen LogP contribution in [-0.2, 0) is 9.59 Å². The number of anilines is 1. The maximum absolute atomic E-state index is 12.7. The molecule has 2 atom stereocenters. The van der Waals surface area contributed by atoms with E-state index in [1.165, 1.54) is 0 Å². The highest BCUT2D eigenvalue weighted by molar-refractivity contribution is 6.04. The Morgan fingerprint density at radius 3 is 2.32 bits per heavy atom. The highest BCUT2D eigenvalue weighted by Crippen LogP contribution is 2.28. The molecule has 1 aromatic carbocycles. The predicted octanol–water partition coefficient (Wildman–Crippen LogP) is 2.53. The summed E-state index contributed by atoms with van der Waals surface area (Å²) in [5, 5.41) is 12.1. The largest absolute Gasteiger partial charge is 0.481 e. The third-order valence-corrected chi connectivity index (χ3v) is 4.89. The summed E-state index contributed by atoms with van der Waals surface area (Å²) in [7, 11) is 0. The van der Waals surface area contributed by atoms with E-state index in [1.807, 2.05) is 6.08 Å². The van der Waals surface area contributed by atoms with Crippen molar-refractivity contribution in [3.05, 3.63) is 42.0 Å². The molecule has 3 rings (SSSR count). The van der Waals surface area contributed by atoms with E-state index in [0.717, 1.165) is 25.9 Å². The molecule has 1 aliphatic carbocycles. The number of benzene rings is 1. The summed E-state index contributed by atoms with van der Waals surface area (Å²) >= 11 is 0. The molecule has 2 N–H and O–H groups in total. The second-order valence-corrected chi connectivity index (χ2v) is 6.53. The van der Waals surface area contributed by atoms with Gasteiger partial charge in [0.25, 0.3) is 5.91 Å². The van der Waals surface area contributed by atoms with E-state index in [9.17, 15) is 19.5 Å². The van der Waals surface area contributed by atoms with Gasteiger partial charge in [0.15, 0.2) is 0 Å². The predicted molar refractivity (Wildman–Crippen MR) is 93.2 cm³/mol. The van der Waals surface area contributed by atoms with Crippen LogP contribution in [0.25, 0.3) is 0 Å². The molecule has 6 heteroatoms. The number of aliphatic carboxylic acids is 1. The van der Waals surface area contributed by atoms with Crippen LogP contribution in [0.15, 0.2) is 36.4 Å². The molecule has 6 nitrogen and oxygen atoms in total. The lowest BCUT2D eigenvalue weighted by atomic mass is 9.82. The molecule has 1 fully saturated rings. The van der Waals surface area contributed by atoms with Crippen molar-refractivity contribution in [3.8, 4) is 0 Å². The maximum atomic E-state index is 12.7. The second-order valence-electron chi connectivity index (χ2n) is 6.53. The topological polar surface area (TPSA) is 86.7 Å². The van der Waals surface area contributed by atoms with Crippen LogP contribution in [0.1, 0.15) is 36.0 Å². The van der Waals surface area contributed by atoms with Crippen molar-refractivity contribution in [2.75, 3.05) is 18.4 Å². The number of hydrogen-bond acceptors (Lipinski definition) is 3. The highest BCUT2D eigenvalue weighted by Gasteiger charge is 2.34. The molecular weight excluding hydrogens is 320 g/mol. The lowest BCUT2D eigenvalue weighted by Crippen LogP contribution is -2.35. The first kappa shape index (κ1) is 17.2. The number of nitrogens with zero attached hydrogens (tertiary/aromatic N) is 1. The minimum atomic E-state index is -0.967. The number of hydrogen-bond donors (Lipinski definition) is 2. The fourth-order valence-electron chi connectivity index (χ4n) is 3.47. The van der Waals surface area contributed by atoms with Gasteiger partial charge in [0, 0.05) is 13.1 Å². The number of amides is 2. The van der Waals surface area contributed by atoms with E-state index < -0.39 is 17.8 Å².